The summed E-state index contributed by atoms with van der Waals surface area (Å²) in [5.74, 6) is -0.822. The van der Waals surface area contributed by atoms with Crippen LogP contribution in [-0.2, 0) is 19.1 Å². The maximum absolute atomic E-state index is 11.0. The van der Waals surface area contributed by atoms with E-state index in [2.05, 4.69) is 14.6 Å². The molecule has 1 rings (SSSR count). The first-order valence-electron chi connectivity index (χ1n) is 4.15. The molecular formula is C8H12N2O4. The molecule has 0 N–H and O–H groups in total. The van der Waals surface area contributed by atoms with Crippen molar-refractivity contribution in [3.63, 3.8) is 0 Å². The Kier molecular flexibility index (Phi) is 3.44. The predicted molar refractivity (Wildman–Crippen MR) is 47.7 cm³/mol. The summed E-state index contributed by atoms with van der Waals surface area (Å²) >= 11 is 0. The fourth-order valence-corrected chi connectivity index (χ4v) is 1.09. The van der Waals surface area contributed by atoms with Gasteiger partial charge in [0.25, 0.3) is 0 Å². The molecule has 14 heavy (non-hydrogen) atoms. The van der Waals surface area contributed by atoms with Gasteiger partial charge in [-0.05, 0) is 0 Å². The van der Waals surface area contributed by atoms with E-state index in [1.807, 2.05) is 0 Å². The molecular weight excluding hydrogens is 188 g/mol. The zero-order valence-corrected chi connectivity index (χ0v) is 8.15. The molecule has 0 aromatic rings. The molecule has 1 aliphatic rings. The van der Waals surface area contributed by atoms with E-state index in [-0.39, 0.29) is 12.5 Å². The molecule has 0 fully saturated rings. The van der Waals surface area contributed by atoms with Gasteiger partial charge in [-0.25, -0.2) is 4.79 Å². The van der Waals surface area contributed by atoms with Gasteiger partial charge in [0, 0.05) is 13.0 Å². The number of rotatable bonds is 3. The van der Waals surface area contributed by atoms with Crippen molar-refractivity contribution in [2.24, 2.45) is 5.10 Å². The lowest BCUT2D eigenvalue weighted by molar-refractivity contribution is -0.141. The molecule has 6 heteroatoms. The number of carbonyl (C=O) groups is 2. The van der Waals surface area contributed by atoms with E-state index in [9.17, 15) is 9.59 Å². The summed E-state index contributed by atoms with van der Waals surface area (Å²) in [6.07, 6.45) is 0.504. The van der Waals surface area contributed by atoms with Crippen LogP contribution in [0.1, 0.15) is 6.42 Å². The Morgan fingerprint density at radius 2 is 2.14 bits per heavy atom. The third kappa shape index (κ3) is 2.45. The first kappa shape index (κ1) is 10.5. The molecule has 0 amide bonds. The summed E-state index contributed by atoms with van der Waals surface area (Å²) in [5.41, 5.74) is 0.344. The first-order chi connectivity index (χ1) is 6.67. The van der Waals surface area contributed by atoms with Gasteiger partial charge in [-0.3, -0.25) is 9.80 Å². The molecule has 78 valence electrons. The normalized spacial score (nSPS) is 15.0. The number of hydrogen-bond donors (Lipinski definition) is 0. The molecule has 0 saturated heterocycles. The molecule has 0 unspecified atom stereocenters. The number of hydrogen-bond acceptors (Lipinski definition) is 6. The van der Waals surface area contributed by atoms with E-state index in [1.165, 1.54) is 19.2 Å². The average molecular weight is 200 g/mol. The lowest BCUT2D eigenvalue weighted by Crippen LogP contribution is -2.23. The zero-order chi connectivity index (χ0) is 10.6. The monoisotopic (exact) mass is 200 g/mol. The summed E-state index contributed by atoms with van der Waals surface area (Å²) < 4.78 is 8.97. The molecule has 0 aromatic carbocycles. The summed E-state index contributed by atoms with van der Waals surface area (Å²) in [6, 6.07) is 0. The molecule has 1 aliphatic heterocycles. The minimum atomic E-state index is -0.447. The SMILES string of the molecule is COC(=O)CN1CCC(C(=O)OC)=N1. The Morgan fingerprint density at radius 1 is 1.43 bits per heavy atom. The minimum Gasteiger partial charge on any atom is -0.468 e. The van der Waals surface area contributed by atoms with E-state index in [1.54, 1.807) is 0 Å². The van der Waals surface area contributed by atoms with Crippen LogP contribution in [0.3, 0.4) is 0 Å². The second-order valence-corrected chi connectivity index (χ2v) is 2.75. The highest BCUT2D eigenvalue weighted by Crippen LogP contribution is 2.06. The molecule has 0 atom stereocenters. The third-order valence-electron chi connectivity index (χ3n) is 1.83. The van der Waals surface area contributed by atoms with Crippen molar-refractivity contribution in [3.8, 4) is 0 Å². The summed E-state index contributed by atoms with van der Waals surface area (Å²) in [7, 11) is 2.61. The van der Waals surface area contributed by atoms with E-state index in [0.717, 1.165) is 0 Å². The van der Waals surface area contributed by atoms with Crippen molar-refractivity contribution >= 4 is 17.7 Å². The fraction of sp³-hybridized carbons (Fsp3) is 0.625. The number of hydrazone groups is 1. The average Bonchev–Trinajstić information content (AvgIpc) is 2.65. The van der Waals surface area contributed by atoms with Gasteiger partial charge in [-0.15, -0.1) is 0 Å². The van der Waals surface area contributed by atoms with Crippen molar-refractivity contribution in [2.75, 3.05) is 27.3 Å². The molecule has 1 heterocycles. The lowest BCUT2D eigenvalue weighted by Gasteiger charge is -2.10. The number of methoxy groups -OCH3 is 2. The Morgan fingerprint density at radius 3 is 2.71 bits per heavy atom. The number of carbonyl (C=O) groups excluding carboxylic acids is 2. The maximum Gasteiger partial charge on any atom is 0.354 e. The van der Waals surface area contributed by atoms with Crippen LogP contribution in [0.25, 0.3) is 0 Å². The van der Waals surface area contributed by atoms with Crippen molar-refractivity contribution in [1.29, 1.82) is 0 Å². The second kappa shape index (κ2) is 4.59. The fourth-order valence-electron chi connectivity index (χ4n) is 1.09. The quantitative estimate of drug-likeness (QED) is 0.569. The Labute approximate surface area is 81.5 Å². The predicted octanol–water partition coefficient (Wildman–Crippen LogP) is -0.606. The largest absolute Gasteiger partial charge is 0.468 e. The van der Waals surface area contributed by atoms with Crippen LogP contribution >= 0.6 is 0 Å². The van der Waals surface area contributed by atoms with Gasteiger partial charge in [0.05, 0.1) is 14.2 Å². The topological polar surface area (TPSA) is 68.2 Å². The van der Waals surface area contributed by atoms with Crippen LogP contribution in [0.15, 0.2) is 5.10 Å². The molecule has 0 aromatic heterocycles. The Bertz CT molecular complexity index is 275. The van der Waals surface area contributed by atoms with Crippen LogP contribution in [-0.4, -0.2) is 50.0 Å². The summed E-state index contributed by atoms with van der Waals surface area (Å²) in [5, 5.41) is 5.41. The van der Waals surface area contributed by atoms with E-state index in [4.69, 9.17) is 0 Å². The molecule has 0 radical (unpaired) electrons. The van der Waals surface area contributed by atoms with Gasteiger partial charge in [0.15, 0.2) is 0 Å². The van der Waals surface area contributed by atoms with E-state index < -0.39 is 5.97 Å². The van der Waals surface area contributed by atoms with Gasteiger partial charge in [-0.2, -0.15) is 5.10 Å². The zero-order valence-electron chi connectivity index (χ0n) is 8.15. The highest BCUT2D eigenvalue weighted by atomic mass is 16.5. The standard InChI is InChI=1S/C8H12N2O4/c1-13-7(11)5-10-4-3-6(9-10)8(12)14-2/h3-5H2,1-2H3. The Balaban J connectivity index is 2.49. The number of ether oxygens (including phenoxy) is 2. The Hall–Kier alpha value is -1.59. The van der Waals surface area contributed by atoms with Gasteiger partial charge >= 0.3 is 11.9 Å². The van der Waals surface area contributed by atoms with Crippen molar-refractivity contribution in [1.82, 2.24) is 5.01 Å². The molecule has 0 saturated carbocycles. The van der Waals surface area contributed by atoms with Gasteiger partial charge in [0.2, 0.25) is 0 Å². The lowest BCUT2D eigenvalue weighted by atomic mass is 10.3. The van der Waals surface area contributed by atoms with Gasteiger partial charge in [0.1, 0.15) is 12.3 Å². The molecule has 0 aliphatic carbocycles. The van der Waals surface area contributed by atoms with Crippen LogP contribution < -0.4 is 0 Å². The number of nitrogens with zero attached hydrogens (tertiary/aromatic N) is 2. The van der Waals surface area contributed by atoms with Crippen LogP contribution in [0.2, 0.25) is 0 Å². The first-order valence-corrected chi connectivity index (χ1v) is 4.15. The van der Waals surface area contributed by atoms with Gasteiger partial charge in [-0.1, -0.05) is 0 Å². The number of esters is 2. The van der Waals surface area contributed by atoms with Crippen LogP contribution in [0, 0.1) is 0 Å². The highest BCUT2D eigenvalue weighted by Gasteiger charge is 2.22. The summed E-state index contributed by atoms with van der Waals surface area (Å²) in [6.45, 7) is 0.608. The molecule has 0 bridgehead atoms. The third-order valence-corrected chi connectivity index (χ3v) is 1.83. The van der Waals surface area contributed by atoms with E-state index >= 15 is 0 Å². The van der Waals surface area contributed by atoms with Crippen molar-refractivity contribution in [2.45, 2.75) is 6.42 Å². The molecule has 6 nitrogen and oxygen atoms in total. The van der Waals surface area contributed by atoms with Crippen LogP contribution in [0.4, 0.5) is 0 Å². The van der Waals surface area contributed by atoms with Gasteiger partial charge < -0.3 is 9.47 Å². The highest BCUT2D eigenvalue weighted by molar-refractivity contribution is 6.36. The minimum absolute atomic E-state index is 0.0665. The molecule has 0 spiro atoms. The van der Waals surface area contributed by atoms with E-state index in [0.29, 0.717) is 18.7 Å². The summed E-state index contributed by atoms with van der Waals surface area (Å²) in [4.78, 5) is 21.9. The smallest absolute Gasteiger partial charge is 0.354 e. The maximum atomic E-state index is 11.0. The van der Waals surface area contributed by atoms with Crippen LogP contribution in [0.5, 0.6) is 0 Å². The van der Waals surface area contributed by atoms with Crippen molar-refractivity contribution in [3.05, 3.63) is 0 Å². The van der Waals surface area contributed by atoms with Crippen molar-refractivity contribution < 1.29 is 19.1 Å². The second-order valence-electron chi connectivity index (χ2n) is 2.75.